The first-order valence-corrected chi connectivity index (χ1v) is 7.73. The van der Waals surface area contributed by atoms with Crippen LogP contribution in [-0.2, 0) is 20.7 Å². The lowest BCUT2D eigenvalue weighted by atomic mass is 10.1. The minimum absolute atomic E-state index is 0.236. The molecular weight excluding hydrogens is 302 g/mol. The molecule has 0 spiro atoms. The van der Waals surface area contributed by atoms with Crippen LogP contribution in [0.25, 0.3) is 0 Å². The van der Waals surface area contributed by atoms with E-state index >= 15 is 0 Å². The predicted octanol–water partition coefficient (Wildman–Crippen LogP) is 3.17. The fourth-order valence-corrected chi connectivity index (χ4v) is 2.86. The molecule has 5 nitrogen and oxygen atoms in total. The molecule has 1 unspecified atom stereocenters. The minimum Gasteiger partial charge on any atom is -0.464 e. The van der Waals surface area contributed by atoms with E-state index in [2.05, 4.69) is 9.72 Å². The van der Waals surface area contributed by atoms with Crippen LogP contribution < -0.4 is 0 Å². The van der Waals surface area contributed by atoms with Gasteiger partial charge in [-0.1, -0.05) is 30.3 Å². The van der Waals surface area contributed by atoms with Crippen LogP contribution in [0.5, 0.6) is 0 Å². The maximum absolute atomic E-state index is 11.5. The molecule has 0 radical (unpaired) electrons. The van der Waals surface area contributed by atoms with E-state index in [1.54, 1.807) is 5.38 Å². The Balaban J connectivity index is 2.10. The molecule has 0 amide bonds. The Morgan fingerprint density at radius 2 is 2.00 bits per heavy atom. The number of esters is 2. The number of carbonyl (C=O) groups excluding carboxylic acids is 2. The van der Waals surface area contributed by atoms with Crippen molar-refractivity contribution in [3.8, 4) is 0 Å². The molecule has 0 aliphatic rings. The zero-order valence-electron chi connectivity index (χ0n) is 12.4. The van der Waals surface area contributed by atoms with Crippen molar-refractivity contribution in [1.29, 1.82) is 0 Å². The first-order chi connectivity index (χ1) is 10.6. The van der Waals surface area contributed by atoms with Crippen molar-refractivity contribution in [2.24, 2.45) is 0 Å². The van der Waals surface area contributed by atoms with Crippen LogP contribution >= 0.6 is 11.3 Å². The molecule has 0 saturated carbocycles. The van der Waals surface area contributed by atoms with Gasteiger partial charge in [0.05, 0.1) is 7.11 Å². The number of hydrogen-bond acceptors (Lipinski definition) is 6. The molecule has 0 bridgehead atoms. The highest BCUT2D eigenvalue weighted by Gasteiger charge is 2.21. The molecule has 22 heavy (non-hydrogen) atoms. The number of carbonyl (C=O) groups is 2. The largest absolute Gasteiger partial charge is 0.464 e. The van der Waals surface area contributed by atoms with Gasteiger partial charge in [0.25, 0.3) is 0 Å². The van der Waals surface area contributed by atoms with Crippen LogP contribution in [-0.4, -0.2) is 24.0 Å². The van der Waals surface area contributed by atoms with Crippen molar-refractivity contribution in [2.75, 3.05) is 7.11 Å². The van der Waals surface area contributed by atoms with Crippen molar-refractivity contribution in [2.45, 2.75) is 25.9 Å². The lowest BCUT2D eigenvalue weighted by molar-refractivity contribution is -0.147. The Bertz CT molecular complexity index is 639. The Morgan fingerprint density at radius 1 is 1.27 bits per heavy atom. The summed E-state index contributed by atoms with van der Waals surface area (Å²) < 4.78 is 9.98. The molecule has 0 fully saturated rings. The molecule has 1 aromatic heterocycles. The number of hydrogen-bond donors (Lipinski definition) is 0. The molecule has 1 aromatic carbocycles. The van der Waals surface area contributed by atoms with E-state index in [1.165, 1.54) is 25.4 Å². The second-order valence-corrected chi connectivity index (χ2v) is 5.57. The molecule has 1 heterocycles. The highest BCUT2D eigenvalue weighted by Crippen LogP contribution is 2.27. The summed E-state index contributed by atoms with van der Waals surface area (Å²) in [4.78, 5) is 27.0. The number of rotatable bonds is 6. The van der Waals surface area contributed by atoms with Gasteiger partial charge in [-0.3, -0.25) is 4.79 Å². The number of nitrogens with zero attached hydrogens (tertiary/aromatic N) is 1. The van der Waals surface area contributed by atoms with E-state index in [0.29, 0.717) is 11.4 Å². The van der Waals surface area contributed by atoms with Gasteiger partial charge in [0.1, 0.15) is 5.01 Å². The van der Waals surface area contributed by atoms with Crippen LogP contribution in [0.4, 0.5) is 0 Å². The first-order valence-electron chi connectivity index (χ1n) is 6.85. The van der Waals surface area contributed by atoms with E-state index in [9.17, 15) is 9.59 Å². The quantitative estimate of drug-likeness (QED) is 0.765. The minimum atomic E-state index is -0.493. The predicted molar refractivity (Wildman–Crippen MR) is 82.7 cm³/mol. The summed E-state index contributed by atoms with van der Waals surface area (Å²) in [7, 11) is 1.31. The third-order valence-corrected chi connectivity index (χ3v) is 3.97. The molecule has 2 aromatic rings. The fraction of sp³-hybridized carbons (Fsp3) is 0.312. The first kappa shape index (κ1) is 16.2. The lowest BCUT2D eigenvalue weighted by Crippen LogP contribution is -2.10. The van der Waals surface area contributed by atoms with Gasteiger partial charge in [0.2, 0.25) is 0 Å². The highest BCUT2D eigenvalue weighted by molar-refractivity contribution is 7.09. The molecule has 1 atom stereocenters. The number of thiazole rings is 1. The van der Waals surface area contributed by atoms with Crippen molar-refractivity contribution in [1.82, 2.24) is 4.98 Å². The molecule has 2 rings (SSSR count). The van der Waals surface area contributed by atoms with Crippen LogP contribution in [0.15, 0.2) is 35.7 Å². The molecule has 0 N–H and O–H groups in total. The van der Waals surface area contributed by atoms with Gasteiger partial charge in [-0.25, -0.2) is 9.78 Å². The molecule has 0 saturated heterocycles. The van der Waals surface area contributed by atoms with Crippen LogP contribution in [0.3, 0.4) is 0 Å². The van der Waals surface area contributed by atoms with E-state index in [-0.39, 0.29) is 11.7 Å². The van der Waals surface area contributed by atoms with Crippen LogP contribution in [0.1, 0.15) is 40.5 Å². The van der Waals surface area contributed by atoms with Gasteiger partial charge >= 0.3 is 11.9 Å². The van der Waals surface area contributed by atoms with Gasteiger partial charge in [-0.05, 0) is 18.4 Å². The standard InChI is InChI=1S/C16H17NO4S/c1-11(18)21-14(9-8-12-6-4-3-5-7-12)15-17-13(10-22-15)16(19)20-2/h3-7,10,14H,8-9H2,1-2H3. The van der Waals surface area contributed by atoms with Gasteiger partial charge in [-0.2, -0.15) is 0 Å². The van der Waals surface area contributed by atoms with Crippen molar-refractivity contribution in [3.05, 3.63) is 52.0 Å². The van der Waals surface area contributed by atoms with E-state index in [0.717, 1.165) is 12.0 Å². The Kier molecular flexibility index (Phi) is 5.66. The summed E-state index contributed by atoms with van der Waals surface area (Å²) in [5.74, 6) is -0.861. The summed E-state index contributed by atoms with van der Waals surface area (Å²) in [6.45, 7) is 1.37. The third kappa shape index (κ3) is 4.39. The van der Waals surface area contributed by atoms with Crippen LogP contribution in [0.2, 0.25) is 0 Å². The summed E-state index contributed by atoms with van der Waals surface area (Å²) >= 11 is 1.29. The summed E-state index contributed by atoms with van der Waals surface area (Å²) in [5.41, 5.74) is 1.39. The second kappa shape index (κ2) is 7.70. The number of aryl methyl sites for hydroxylation is 1. The van der Waals surface area contributed by atoms with Gasteiger partial charge in [-0.15, -0.1) is 11.3 Å². The second-order valence-electron chi connectivity index (χ2n) is 4.68. The normalized spacial score (nSPS) is 11.7. The molecule has 6 heteroatoms. The molecule has 0 aliphatic carbocycles. The number of ether oxygens (including phenoxy) is 2. The van der Waals surface area contributed by atoms with E-state index in [1.807, 2.05) is 30.3 Å². The van der Waals surface area contributed by atoms with E-state index < -0.39 is 12.1 Å². The molecule has 116 valence electrons. The van der Waals surface area contributed by atoms with Crippen LogP contribution in [0, 0.1) is 0 Å². The average molecular weight is 319 g/mol. The summed E-state index contributed by atoms with van der Waals surface area (Å²) in [5, 5.41) is 2.21. The van der Waals surface area contributed by atoms with Gasteiger partial charge in [0.15, 0.2) is 11.8 Å². The zero-order chi connectivity index (χ0) is 15.9. The lowest BCUT2D eigenvalue weighted by Gasteiger charge is -2.14. The fourth-order valence-electron chi connectivity index (χ4n) is 2.01. The van der Waals surface area contributed by atoms with Crippen molar-refractivity contribution >= 4 is 23.3 Å². The number of benzene rings is 1. The van der Waals surface area contributed by atoms with Crippen molar-refractivity contribution in [3.63, 3.8) is 0 Å². The Labute approximate surface area is 132 Å². The number of methoxy groups -OCH3 is 1. The zero-order valence-corrected chi connectivity index (χ0v) is 13.3. The Hall–Kier alpha value is -2.21. The highest BCUT2D eigenvalue weighted by atomic mass is 32.1. The summed E-state index contributed by atoms with van der Waals surface area (Å²) in [6.07, 6.45) is 0.907. The number of aromatic nitrogens is 1. The molecular formula is C16H17NO4S. The summed E-state index contributed by atoms with van der Waals surface area (Å²) in [6, 6.07) is 9.93. The maximum Gasteiger partial charge on any atom is 0.357 e. The third-order valence-electron chi connectivity index (χ3n) is 3.04. The van der Waals surface area contributed by atoms with Crippen molar-refractivity contribution < 1.29 is 19.1 Å². The average Bonchev–Trinajstić information content (AvgIpc) is 3.01. The maximum atomic E-state index is 11.5. The van der Waals surface area contributed by atoms with E-state index in [4.69, 9.17) is 4.74 Å². The smallest absolute Gasteiger partial charge is 0.357 e. The Morgan fingerprint density at radius 3 is 2.64 bits per heavy atom. The molecule has 0 aliphatic heterocycles. The van der Waals surface area contributed by atoms with Gasteiger partial charge in [0, 0.05) is 12.3 Å². The SMILES string of the molecule is COC(=O)c1csc(C(CCc2ccccc2)OC(C)=O)n1. The van der Waals surface area contributed by atoms with Gasteiger partial charge < -0.3 is 9.47 Å². The monoisotopic (exact) mass is 319 g/mol. The topological polar surface area (TPSA) is 65.5 Å².